The maximum atomic E-state index is 13.0. The molecule has 0 heterocycles. The molecule has 0 N–H and O–H groups in total. The molecule has 0 saturated carbocycles. The van der Waals surface area contributed by atoms with E-state index in [9.17, 15) is 9.59 Å². The van der Waals surface area contributed by atoms with Crippen LogP contribution in [0.1, 0.15) is 137 Å². The molecule has 0 spiro atoms. The predicted octanol–water partition coefficient (Wildman–Crippen LogP) is 8.32. The molecule has 0 aromatic rings. The zero-order chi connectivity index (χ0) is 24.5. The molecule has 0 saturated heterocycles. The maximum absolute atomic E-state index is 13.0. The summed E-state index contributed by atoms with van der Waals surface area (Å²) in [4.78, 5) is 25.9. The van der Waals surface area contributed by atoms with Gasteiger partial charge in [-0.25, -0.2) is 0 Å². The first-order valence-corrected chi connectivity index (χ1v) is 14.0. The molecule has 0 aromatic carbocycles. The minimum Gasteiger partial charge on any atom is -0.462 e. The number of unbranched alkanes of at least 4 members (excludes halogenated alkanes) is 10. The molecule has 0 amide bonds. The lowest BCUT2D eigenvalue weighted by Crippen LogP contribution is -2.36. The van der Waals surface area contributed by atoms with Gasteiger partial charge in [-0.05, 0) is 59.3 Å². The lowest BCUT2D eigenvalue weighted by atomic mass is 9.80. The van der Waals surface area contributed by atoms with E-state index in [1.54, 1.807) is 0 Å². The van der Waals surface area contributed by atoms with E-state index in [0.29, 0.717) is 12.8 Å². The molecule has 0 radical (unpaired) electrons. The van der Waals surface area contributed by atoms with Gasteiger partial charge in [-0.1, -0.05) is 89.7 Å². The quantitative estimate of drug-likeness (QED) is 0.116. The Kier molecular flexibility index (Phi) is 16.3. The molecule has 4 heteroatoms. The van der Waals surface area contributed by atoms with E-state index in [0.717, 1.165) is 31.3 Å². The van der Waals surface area contributed by atoms with E-state index < -0.39 is 11.8 Å². The number of hydrogen-bond acceptors (Lipinski definition) is 4. The smallest absolute Gasteiger partial charge is 0.310 e. The van der Waals surface area contributed by atoms with Gasteiger partial charge >= 0.3 is 11.9 Å². The first kappa shape index (κ1) is 29.7. The number of carbonyl (C=O) groups is 2. The standard InChI is InChI=1S/C29H52O4/c1-6-8-10-12-14-16-18-24(4)32-28(30)26-21-20-23(3)22-27(26)29(31)33-25(5)19-17-15-13-11-9-7-2/h20,24-27H,6-19,21-22H2,1-5H3. The molecule has 0 fully saturated rings. The second kappa shape index (κ2) is 18.1. The van der Waals surface area contributed by atoms with Crippen LogP contribution in [0, 0.1) is 11.8 Å². The van der Waals surface area contributed by atoms with Crippen molar-refractivity contribution in [2.45, 2.75) is 150 Å². The molecule has 0 aliphatic heterocycles. The van der Waals surface area contributed by atoms with E-state index >= 15 is 0 Å². The number of ether oxygens (including phenoxy) is 2. The van der Waals surface area contributed by atoms with Crippen LogP contribution in [0.25, 0.3) is 0 Å². The van der Waals surface area contributed by atoms with Crippen LogP contribution in [0.5, 0.6) is 0 Å². The number of esters is 2. The molecule has 4 atom stereocenters. The van der Waals surface area contributed by atoms with Crippen molar-refractivity contribution < 1.29 is 19.1 Å². The van der Waals surface area contributed by atoms with E-state index in [2.05, 4.69) is 19.9 Å². The summed E-state index contributed by atoms with van der Waals surface area (Å²) in [5.41, 5.74) is 1.16. The average Bonchev–Trinajstić information content (AvgIpc) is 2.78. The first-order chi connectivity index (χ1) is 15.9. The zero-order valence-corrected chi connectivity index (χ0v) is 22.3. The molecule has 33 heavy (non-hydrogen) atoms. The number of allylic oxidation sites excluding steroid dienone is 2. The van der Waals surface area contributed by atoms with Crippen molar-refractivity contribution in [3.05, 3.63) is 11.6 Å². The Balaban J connectivity index is 2.45. The first-order valence-electron chi connectivity index (χ1n) is 14.0. The third-order valence-corrected chi connectivity index (χ3v) is 6.92. The van der Waals surface area contributed by atoms with Gasteiger partial charge in [0.25, 0.3) is 0 Å². The summed E-state index contributed by atoms with van der Waals surface area (Å²) in [6.45, 7) is 10.4. The molecular formula is C29H52O4. The van der Waals surface area contributed by atoms with Gasteiger partial charge in [0, 0.05) is 0 Å². The van der Waals surface area contributed by atoms with Crippen LogP contribution < -0.4 is 0 Å². The van der Waals surface area contributed by atoms with Crippen LogP contribution in [-0.4, -0.2) is 24.1 Å². The van der Waals surface area contributed by atoms with Crippen molar-refractivity contribution >= 4 is 11.9 Å². The normalized spacial score (nSPS) is 20.1. The average molecular weight is 465 g/mol. The van der Waals surface area contributed by atoms with Crippen molar-refractivity contribution in [2.24, 2.45) is 11.8 Å². The summed E-state index contributed by atoms with van der Waals surface area (Å²) in [7, 11) is 0. The zero-order valence-electron chi connectivity index (χ0n) is 22.3. The fraction of sp³-hybridized carbons (Fsp3) is 0.862. The lowest BCUT2D eigenvalue weighted by molar-refractivity contribution is -0.166. The number of hydrogen-bond donors (Lipinski definition) is 0. The lowest BCUT2D eigenvalue weighted by Gasteiger charge is -2.29. The van der Waals surface area contributed by atoms with E-state index in [-0.39, 0.29) is 24.1 Å². The maximum Gasteiger partial charge on any atom is 0.310 e. The summed E-state index contributed by atoms with van der Waals surface area (Å²) in [5.74, 6) is -1.31. The fourth-order valence-electron chi connectivity index (χ4n) is 4.69. The van der Waals surface area contributed by atoms with Gasteiger partial charge in [-0.15, -0.1) is 0 Å². The number of rotatable bonds is 18. The van der Waals surface area contributed by atoms with Crippen molar-refractivity contribution in [3.63, 3.8) is 0 Å². The van der Waals surface area contributed by atoms with Crippen LogP contribution in [0.4, 0.5) is 0 Å². The van der Waals surface area contributed by atoms with Crippen molar-refractivity contribution in [1.29, 1.82) is 0 Å². The van der Waals surface area contributed by atoms with Crippen LogP contribution in [0.2, 0.25) is 0 Å². The van der Waals surface area contributed by atoms with Gasteiger partial charge in [0.2, 0.25) is 0 Å². The Morgan fingerprint density at radius 3 is 1.67 bits per heavy atom. The Bertz CT molecular complexity index is 568. The van der Waals surface area contributed by atoms with E-state index in [1.807, 2.05) is 20.8 Å². The summed E-state index contributed by atoms with van der Waals surface area (Å²) >= 11 is 0. The van der Waals surface area contributed by atoms with E-state index in [1.165, 1.54) is 64.2 Å². The molecule has 0 bridgehead atoms. The van der Waals surface area contributed by atoms with Gasteiger partial charge in [-0.3, -0.25) is 9.59 Å². The summed E-state index contributed by atoms with van der Waals surface area (Å²) in [6.07, 6.45) is 19.6. The molecular weight excluding hydrogens is 412 g/mol. The Morgan fingerprint density at radius 2 is 1.18 bits per heavy atom. The summed E-state index contributed by atoms with van der Waals surface area (Å²) < 4.78 is 11.6. The Labute approximate surface area is 204 Å². The highest BCUT2D eigenvalue weighted by atomic mass is 16.6. The van der Waals surface area contributed by atoms with Gasteiger partial charge in [0.15, 0.2) is 0 Å². The molecule has 1 rings (SSSR count). The number of carbonyl (C=O) groups excluding carboxylic acids is 2. The predicted molar refractivity (Wildman–Crippen MR) is 137 cm³/mol. The van der Waals surface area contributed by atoms with Gasteiger partial charge in [0.05, 0.1) is 24.0 Å². The molecule has 1 aliphatic carbocycles. The minimum atomic E-state index is -0.422. The van der Waals surface area contributed by atoms with Gasteiger partial charge < -0.3 is 9.47 Å². The molecule has 4 nitrogen and oxygen atoms in total. The highest BCUT2D eigenvalue weighted by Gasteiger charge is 2.38. The largest absolute Gasteiger partial charge is 0.462 e. The van der Waals surface area contributed by atoms with E-state index in [4.69, 9.17) is 9.47 Å². The van der Waals surface area contributed by atoms with Gasteiger partial charge in [-0.2, -0.15) is 0 Å². The fourth-order valence-corrected chi connectivity index (χ4v) is 4.69. The second-order valence-corrected chi connectivity index (χ2v) is 10.3. The van der Waals surface area contributed by atoms with Crippen molar-refractivity contribution in [3.8, 4) is 0 Å². The summed E-state index contributed by atoms with van der Waals surface area (Å²) in [6, 6.07) is 0. The van der Waals surface area contributed by atoms with Gasteiger partial charge in [0.1, 0.15) is 0 Å². The summed E-state index contributed by atoms with van der Waals surface area (Å²) in [5, 5.41) is 0. The van der Waals surface area contributed by atoms with Crippen LogP contribution in [-0.2, 0) is 19.1 Å². The van der Waals surface area contributed by atoms with Crippen LogP contribution >= 0.6 is 0 Å². The molecule has 192 valence electrons. The highest BCUT2D eigenvalue weighted by Crippen LogP contribution is 2.32. The third kappa shape index (κ3) is 13.2. The highest BCUT2D eigenvalue weighted by molar-refractivity contribution is 5.83. The van der Waals surface area contributed by atoms with Crippen LogP contribution in [0.15, 0.2) is 11.6 Å². The SMILES string of the molecule is CCCCCCCCC(C)OC(=O)C1CC=C(C)CC1C(=O)OC(C)CCCCCCCC. The topological polar surface area (TPSA) is 52.6 Å². The minimum absolute atomic E-state index is 0.0982. The molecule has 0 aromatic heterocycles. The monoisotopic (exact) mass is 464 g/mol. The third-order valence-electron chi connectivity index (χ3n) is 6.92. The Morgan fingerprint density at radius 1 is 0.758 bits per heavy atom. The molecule has 4 unspecified atom stereocenters. The second-order valence-electron chi connectivity index (χ2n) is 10.3. The Hall–Kier alpha value is -1.32. The van der Waals surface area contributed by atoms with Crippen molar-refractivity contribution in [1.82, 2.24) is 0 Å². The van der Waals surface area contributed by atoms with Crippen molar-refractivity contribution in [2.75, 3.05) is 0 Å². The van der Waals surface area contributed by atoms with Crippen LogP contribution in [0.3, 0.4) is 0 Å². The molecule has 1 aliphatic rings.